The monoisotopic (exact) mass is 398 g/mol. The van der Waals surface area contributed by atoms with Crippen LogP contribution in [0.4, 0.5) is 0 Å². The van der Waals surface area contributed by atoms with Gasteiger partial charge in [0.2, 0.25) is 0 Å². The molecule has 30 heavy (non-hydrogen) atoms. The van der Waals surface area contributed by atoms with Gasteiger partial charge in [0, 0.05) is 55.0 Å². The second kappa shape index (κ2) is 8.38. The molecule has 2 saturated heterocycles. The number of nitrogens with one attached hydrogen (secondary N) is 2. The Morgan fingerprint density at radius 2 is 1.53 bits per heavy atom. The summed E-state index contributed by atoms with van der Waals surface area (Å²) in [6.45, 7) is 1.51. The molecule has 0 aliphatic carbocycles. The molecule has 3 atom stereocenters. The second-order valence-electron chi connectivity index (χ2n) is 8.16. The van der Waals surface area contributed by atoms with Gasteiger partial charge >= 0.3 is 0 Å². The van der Waals surface area contributed by atoms with Gasteiger partial charge in [-0.3, -0.25) is 20.6 Å². The Morgan fingerprint density at radius 1 is 0.900 bits per heavy atom. The third-order valence-electron chi connectivity index (χ3n) is 6.45. The Hall–Kier alpha value is -3.02. The molecule has 5 heteroatoms. The zero-order chi connectivity index (χ0) is 20.3. The van der Waals surface area contributed by atoms with Crippen molar-refractivity contribution in [2.75, 3.05) is 13.1 Å². The molecular formula is C25H26N4O. The molecule has 2 aliphatic rings. The van der Waals surface area contributed by atoms with Crippen molar-refractivity contribution in [3.63, 3.8) is 0 Å². The van der Waals surface area contributed by atoms with Gasteiger partial charge in [-0.25, -0.2) is 0 Å². The minimum atomic E-state index is 0.0949. The summed E-state index contributed by atoms with van der Waals surface area (Å²) >= 11 is 0. The van der Waals surface area contributed by atoms with Crippen molar-refractivity contribution < 1.29 is 4.79 Å². The Labute approximate surface area is 177 Å². The number of carbonyl (C=O) groups is 1. The van der Waals surface area contributed by atoms with Gasteiger partial charge in [-0.15, -0.1) is 0 Å². The number of piperidine rings is 1. The van der Waals surface area contributed by atoms with Crippen molar-refractivity contribution in [3.05, 3.63) is 102 Å². The van der Waals surface area contributed by atoms with Gasteiger partial charge in [-0.1, -0.05) is 60.7 Å². The van der Waals surface area contributed by atoms with E-state index in [1.807, 2.05) is 4.90 Å². The van der Waals surface area contributed by atoms with Gasteiger partial charge < -0.3 is 4.90 Å². The summed E-state index contributed by atoms with van der Waals surface area (Å²) in [5.74, 6) is 0.637. The SMILES string of the molecule is O=C(c1ccncc1)N1CCC2NNC(C(c3ccccc3)c3ccccc3)C2C1. The number of fused-ring (bicyclic) bond motifs is 1. The molecule has 0 bridgehead atoms. The van der Waals surface area contributed by atoms with E-state index in [0.717, 1.165) is 19.5 Å². The van der Waals surface area contributed by atoms with E-state index in [2.05, 4.69) is 76.5 Å². The lowest BCUT2D eigenvalue weighted by molar-refractivity contribution is 0.0649. The number of aromatic nitrogens is 1. The molecule has 3 heterocycles. The molecule has 2 fully saturated rings. The third kappa shape index (κ3) is 3.62. The van der Waals surface area contributed by atoms with E-state index in [9.17, 15) is 4.79 Å². The highest BCUT2D eigenvalue weighted by atomic mass is 16.2. The molecule has 3 unspecified atom stereocenters. The quantitative estimate of drug-likeness (QED) is 0.709. The Balaban J connectivity index is 1.44. The molecule has 1 aromatic heterocycles. The summed E-state index contributed by atoms with van der Waals surface area (Å²) < 4.78 is 0. The number of likely N-dealkylation sites (tertiary alicyclic amines) is 1. The third-order valence-corrected chi connectivity index (χ3v) is 6.45. The van der Waals surface area contributed by atoms with Crippen LogP contribution in [-0.4, -0.2) is 41.0 Å². The van der Waals surface area contributed by atoms with Crippen molar-refractivity contribution in [2.45, 2.75) is 24.4 Å². The Morgan fingerprint density at radius 3 is 2.17 bits per heavy atom. The standard InChI is InChI=1S/C25H26N4O/c30-25(20-11-14-26-15-12-20)29-16-13-22-21(17-29)24(28-27-22)23(18-7-3-1-4-8-18)19-9-5-2-6-10-19/h1-12,14-15,21-24,27-28H,13,16-17H2. The maximum absolute atomic E-state index is 13.1. The van der Waals surface area contributed by atoms with E-state index < -0.39 is 0 Å². The average Bonchev–Trinajstić information content (AvgIpc) is 3.24. The van der Waals surface area contributed by atoms with Crippen LogP contribution in [0, 0.1) is 5.92 Å². The molecule has 2 N–H and O–H groups in total. The predicted molar refractivity (Wildman–Crippen MR) is 117 cm³/mol. The minimum Gasteiger partial charge on any atom is -0.338 e. The van der Waals surface area contributed by atoms with E-state index in [-0.39, 0.29) is 17.9 Å². The van der Waals surface area contributed by atoms with Crippen LogP contribution in [-0.2, 0) is 0 Å². The summed E-state index contributed by atoms with van der Waals surface area (Å²) in [7, 11) is 0. The van der Waals surface area contributed by atoms with Gasteiger partial charge in [-0.2, -0.15) is 0 Å². The highest BCUT2D eigenvalue weighted by Crippen LogP contribution is 2.37. The highest BCUT2D eigenvalue weighted by Gasteiger charge is 2.44. The van der Waals surface area contributed by atoms with Crippen LogP contribution in [0.15, 0.2) is 85.2 Å². The van der Waals surface area contributed by atoms with E-state index in [0.29, 0.717) is 17.5 Å². The number of hydrogen-bond acceptors (Lipinski definition) is 4. The van der Waals surface area contributed by atoms with Crippen LogP contribution in [0.3, 0.4) is 0 Å². The van der Waals surface area contributed by atoms with E-state index >= 15 is 0 Å². The number of nitrogens with zero attached hydrogens (tertiary/aromatic N) is 2. The van der Waals surface area contributed by atoms with Crippen LogP contribution >= 0.6 is 0 Å². The fraction of sp³-hybridized carbons (Fsp3) is 0.280. The summed E-state index contributed by atoms with van der Waals surface area (Å²) in [5, 5.41) is 0. The largest absolute Gasteiger partial charge is 0.338 e. The van der Waals surface area contributed by atoms with E-state index in [1.54, 1.807) is 24.5 Å². The van der Waals surface area contributed by atoms with Crippen LogP contribution in [0.1, 0.15) is 33.8 Å². The van der Waals surface area contributed by atoms with Crippen molar-refractivity contribution in [3.8, 4) is 0 Å². The lowest BCUT2D eigenvalue weighted by atomic mass is 9.76. The number of pyridine rings is 1. The van der Waals surface area contributed by atoms with Crippen LogP contribution in [0.5, 0.6) is 0 Å². The van der Waals surface area contributed by atoms with Crippen molar-refractivity contribution >= 4 is 5.91 Å². The van der Waals surface area contributed by atoms with Crippen LogP contribution in [0.2, 0.25) is 0 Å². The first kappa shape index (κ1) is 19.0. The van der Waals surface area contributed by atoms with Crippen molar-refractivity contribution in [1.82, 2.24) is 20.7 Å². The topological polar surface area (TPSA) is 57.3 Å². The lowest BCUT2D eigenvalue weighted by Crippen LogP contribution is -2.49. The first-order chi connectivity index (χ1) is 14.8. The first-order valence-electron chi connectivity index (χ1n) is 10.6. The summed E-state index contributed by atoms with van der Waals surface area (Å²) in [6.07, 6.45) is 4.31. The fourth-order valence-electron chi connectivity index (χ4n) is 4.96. The lowest BCUT2D eigenvalue weighted by Gasteiger charge is -2.38. The number of hydrazine groups is 1. The highest BCUT2D eigenvalue weighted by molar-refractivity contribution is 5.94. The fourth-order valence-corrected chi connectivity index (χ4v) is 4.96. The molecule has 0 saturated carbocycles. The Kier molecular flexibility index (Phi) is 5.30. The smallest absolute Gasteiger partial charge is 0.253 e. The number of rotatable bonds is 4. The second-order valence-corrected chi connectivity index (χ2v) is 8.16. The van der Waals surface area contributed by atoms with Gasteiger partial charge in [0.15, 0.2) is 0 Å². The molecular weight excluding hydrogens is 372 g/mol. The van der Waals surface area contributed by atoms with E-state index in [1.165, 1.54) is 11.1 Å². The Bertz CT molecular complexity index is 940. The number of carbonyl (C=O) groups excluding carboxylic acids is 1. The van der Waals surface area contributed by atoms with Gasteiger partial charge in [-0.05, 0) is 29.7 Å². The molecule has 1 amide bonds. The molecule has 0 spiro atoms. The van der Waals surface area contributed by atoms with Gasteiger partial charge in [0.25, 0.3) is 5.91 Å². The van der Waals surface area contributed by atoms with Crippen LogP contribution < -0.4 is 10.9 Å². The molecule has 2 aromatic carbocycles. The molecule has 2 aliphatic heterocycles. The van der Waals surface area contributed by atoms with Gasteiger partial charge in [0.1, 0.15) is 0 Å². The number of amides is 1. The number of hydrogen-bond donors (Lipinski definition) is 2. The molecule has 5 rings (SSSR count). The zero-order valence-corrected chi connectivity index (χ0v) is 16.8. The zero-order valence-electron chi connectivity index (χ0n) is 16.8. The predicted octanol–water partition coefficient (Wildman–Crippen LogP) is 3.22. The van der Waals surface area contributed by atoms with Crippen molar-refractivity contribution in [2.24, 2.45) is 5.92 Å². The normalized spacial score (nSPS) is 23.4. The van der Waals surface area contributed by atoms with E-state index in [4.69, 9.17) is 0 Å². The maximum Gasteiger partial charge on any atom is 0.253 e. The minimum absolute atomic E-state index is 0.0949. The van der Waals surface area contributed by atoms with Crippen molar-refractivity contribution in [1.29, 1.82) is 0 Å². The molecule has 152 valence electrons. The first-order valence-corrected chi connectivity index (χ1v) is 10.6. The van der Waals surface area contributed by atoms with Crippen LogP contribution in [0.25, 0.3) is 0 Å². The summed E-state index contributed by atoms with van der Waals surface area (Å²) in [5.41, 5.74) is 10.4. The summed E-state index contributed by atoms with van der Waals surface area (Å²) in [4.78, 5) is 19.1. The molecule has 3 aromatic rings. The maximum atomic E-state index is 13.1. The van der Waals surface area contributed by atoms with Gasteiger partial charge in [0.05, 0.1) is 0 Å². The average molecular weight is 399 g/mol. The molecule has 0 radical (unpaired) electrons. The summed E-state index contributed by atoms with van der Waals surface area (Å²) in [6, 6.07) is 25.5. The number of benzene rings is 2. The molecule has 5 nitrogen and oxygen atoms in total.